The number of hydrogen-bond donors (Lipinski definition) is 6. The Kier molecular flexibility index (Phi) is 13100. The number of rotatable bonds is 0. The monoisotopic (exact) mass is 441 g/mol. The molecule has 0 bridgehead atoms. The van der Waals surface area contributed by atoms with Crippen molar-refractivity contribution in [3.05, 3.63) is 0 Å². The maximum atomic E-state index is 0. The Morgan fingerprint density at radius 3 is 0.300 bits per heavy atom. The van der Waals surface area contributed by atoms with E-state index in [2.05, 4.69) is 0 Å². The van der Waals surface area contributed by atoms with E-state index in [9.17, 15) is 0 Å². The molecule has 0 atom stereocenters. The quantitative estimate of drug-likeness (QED) is 0.200. The summed E-state index contributed by atoms with van der Waals surface area (Å²) in [5, 5.41) is 0. The Morgan fingerprint density at radius 2 is 0.300 bits per heavy atom. The molecule has 0 fully saturated rings. The van der Waals surface area contributed by atoms with Gasteiger partial charge in [-0.15, -0.1) is 0 Å². The second-order valence-electron chi connectivity index (χ2n) is 0. The summed E-state index contributed by atoms with van der Waals surface area (Å²) >= 11 is 0. The van der Waals surface area contributed by atoms with Crippen LogP contribution in [0.25, 0.3) is 0 Å². The SMILES string of the molecule is N.N.N.N.N.N.[Br-].[Br-].[Br-].[Ru+3]. The van der Waals surface area contributed by atoms with Crippen LogP contribution in [0.4, 0.5) is 0 Å². The number of halogens is 3. The molecule has 10 heavy (non-hydrogen) atoms. The van der Waals surface area contributed by atoms with Crippen molar-refractivity contribution in [2.75, 3.05) is 0 Å². The van der Waals surface area contributed by atoms with Gasteiger partial charge in [0, 0.05) is 0 Å². The summed E-state index contributed by atoms with van der Waals surface area (Å²) in [7, 11) is 0. The van der Waals surface area contributed by atoms with Crippen LogP contribution in [0.15, 0.2) is 0 Å². The van der Waals surface area contributed by atoms with Gasteiger partial charge in [0.25, 0.3) is 0 Å². The van der Waals surface area contributed by atoms with Crippen molar-refractivity contribution in [3.8, 4) is 0 Å². The molecule has 0 aromatic heterocycles. The van der Waals surface area contributed by atoms with Gasteiger partial charge >= 0.3 is 19.5 Å². The van der Waals surface area contributed by atoms with E-state index < -0.39 is 0 Å². The van der Waals surface area contributed by atoms with Gasteiger partial charge in [0.1, 0.15) is 0 Å². The summed E-state index contributed by atoms with van der Waals surface area (Å²) in [6.07, 6.45) is 0. The fraction of sp³-hybridized carbons (Fsp3) is 0. The Hall–Kier alpha value is 1.82. The molecule has 18 N–H and O–H groups in total. The summed E-state index contributed by atoms with van der Waals surface area (Å²) in [6, 6.07) is 0. The van der Waals surface area contributed by atoms with Crippen LogP contribution >= 0.6 is 0 Å². The van der Waals surface area contributed by atoms with E-state index in [0.717, 1.165) is 0 Å². The summed E-state index contributed by atoms with van der Waals surface area (Å²) in [5.74, 6) is 0. The molecule has 1 radical (unpaired) electrons. The largest absolute Gasteiger partial charge is 3.00 e. The number of hydrogen-bond acceptors (Lipinski definition) is 6. The topological polar surface area (TPSA) is 210 Å². The molecule has 0 unspecified atom stereocenters. The zero-order valence-electron chi connectivity index (χ0n) is 5.73. The van der Waals surface area contributed by atoms with Crippen LogP contribution in [0.3, 0.4) is 0 Å². The van der Waals surface area contributed by atoms with E-state index in [4.69, 9.17) is 0 Å². The van der Waals surface area contributed by atoms with Crippen molar-refractivity contribution in [2.24, 2.45) is 0 Å². The van der Waals surface area contributed by atoms with Gasteiger partial charge in [0.05, 0.1) is 0 Å². The first kappa shape index (κ1) is 417. The van der Waals surface area contributed by atoms with Gasteiger partial charge in [-0.25, -0.2) is 0 Å². The first-order chi connectivity index (χ1) is 0. The fourth-order valence-electron chi connectivity index (χ4n) is 0. The Balaban J connectivity index is 0. The predicted octanol–water partition coefficient (Wildman–Crippen LogP) is -8.02. The second-order valence-corrected chi connectivity index (χ2v) is 0. The molecule has 0 aromatic rings. The minimum atomic E-state index is 0. The molecule has 6 nitrogen and oxygen atoms in total. The fourth-order valence-corrected chi connectivity index (χ4v) is 0. The van der Waals surface area contributed by atoms with Crippen LogP contribution in [0, 0.1) is 0 Å². The Labute approximate surface area is 107 Å². The maximum absolute atomic E-state index is 0. The van der Waals surface area contributed by atoms with Gasteiger partial charge < -0.3 is 87.8 Å². The zero-order chi connectivity index (χ0) is 0. The Morgan fingerprint density at radius 1 is 0.300 bits per heavy atom. The molecule has 0 heterocycles. The van der Waals surface area contributed by atoms with Gasteiger partial charge in [-0.3, -0.25) is 0 Å². The summed E-state index contributed by atoms with van der Waals surface area (Å²) < 4.78 is 0. The zero-order valence-corrected chi connectivity index (χ0v) is 12.2. The van der Waals surface area contributed by atoms with E-state index >= 15 is 0 Å². The van der Waals surface area contributed by atoms with Crippen LogP contribution in [-0.2, 0) is 19.5 Å². The normalized spacial score (nSPS) is 0. The molecule has 0 aliphatic rings. The van der Waals surface area contributed by atoms with Crippen LogP contribution in [0.2, 0.25) is 0 Å². The summed E-state index contributed by atoms with van der Waals surface area (Å²) in [6.45, 7) is 0. The third kappa shape index (κ3) is 230. The standard InChI is InChI=1S/3BrH.6H3N.Ru/h3*1H;6*1H3;/q;;;;;;;;;+3/p-3. The van der Waals surface area contributed by atoms with Crippen molar-refractivity contribution >= 4 is 0 Å². The summed E-state index contributed by atoms with van der Waals surface area (Å²) in [4.78, 5) is 0. The van der Waals surface area contributed by atoms with Gasteiger partial charge in [-0.1, -0.05) is 0 Å². The van der Waals surface area contributed by atoms with E-state index in [1.54, 1.807) is 0 Å². The molecule has 0 spiro atoms. The molecular formula is H18Br3N6Ru. The molecule has 0 aliphatic heterocycles. The molecule has 0 saturated heterocycles. The van der Waals surface area contributed by atoms with Crippen molar-refractivity contribution in [2.45, 2.75) is 0 Å². The minimum absolute atomic E-state index is 0. The van der Waals surface area contributed by atoms with Crippen LogP contribution in [-0.4, -0.2) is 0 Å². The average Bonchev–Trinajstić information content (AvgIpc) is 0. The van der Waals surface area contributed by atoms with E-state index in [1.165, 1.54) is 0 Å². The van der Waals surface area contributed by atoms with Crippen molar-refractivity contribution in [1.82, 2.24) is 36.9 Å². The van der Waals surface area contributed by atoms with Gasteiger partial charge in [0.15, 0.2) is 0 Å². The smallest absolute Gasteiger partial charge is 1.00 e. The molecule has 0 aliphatic carbocycles. The molecule has 0 rings (SSSR count). The third-order valence-electron chi connectivity index (χ3n) is 0. The van der Waals surface area contributed by atoms with Crippen LogP contribution in [0.5, 0.6) is 0 Å². The predicted molar refractivity (Wildman–Crippen MR) is 30.1 cm³/mol. The van der Waals surface area contributed by atoms with Crippen LogP contribution < -0.4 is 87.8 Å². The molecule has 0 aromatic carbocycles. The molecule has 0 amide bonds. The van der Waals surface area contributed by atoms with Crippen molar-refractivity contribution in [1.29, 1.82) is 0 Å². The summed E-state index contributed by atoms with van der Waals surface area (Å²) in [5.41, 5.74) is 0. The molecule has 10 heteroatoms. The molecule has 77 valence electrons. The van der Waals surface area contributed by atoms with Crippen molar-refractivity contribution < 1.29 is 70.4 Å². The minimum Gasteiger partial charge on any atom is -1.00 e. The van der Waals surface area contributed by atoms with Gasteiger partial charge in [0.2, 0.25) is 0 Å². The third-order valence-corrected chi connectivity index (χ3v) is 0. The molecular weight excluding hydrogens is 425 g/mol. The second kappa shape index (κ2) is 314. The Bertz CT molecular complexity index is 13.0. The van der Waals surface area contributed by atoms with Gasteiger partial charge in [-0.2, -0.15) is 0 Å². The van der Waals surface area contributed by atoms with Gasteiger partial charge in [-0.05, 0) is 0 Å². The first-order valence-corrected chi connectivity index (χ1v) is 0. The molecule has 0 saturated carbocycles. The van der Waals surface area contributed by atoms with E-state index in [-0.39, 0.29) is 107 Å². The average molecular weight is 443 g/mol. The van der Waals surface area contributed by atoms with E-state index in [0.29, 0.717) is 0 Å². The van der Waals surface area contributed by atoms with E-state index in [1.807, 2.05) is 0 Å². The van der Waals surface area contributed by atoms with Crippen LogP contribution in [0.1, 0.15) is 0 Å². The van der Waals surface area contributed by atoms with Crippen molar-refractivity contribution in [3.63, 3.8) is 0 Å². The first-order valence-electron chi connectivity index (χ1n) is 0. The maximum Gasteiger partial charge on any atom is 3.00 e.